The van der Waals surface area contributed by atoms with Crippen LogP contribution in [0.3, 0.4) is 0 Å². The maximum Gasteiger partial charge on any atom is 0.254 e. The maximum absolute atomic E-state index is 12.5. The van der Waals surface area contributed by atoms with Crippen molar-refractivity contribution in [1.82, 2.24) is 0 Å². The van der Waals surface area contributed by atoms with Crippen LogP contribution in [0.1, 0.15) is 40.2 Å². The summed E-state index contributed by atoms with van der Waals surface area (Å²) in [6, 6.07) is 5.75. The molecule has 152 valence electrons. The SMILES string of the molecule is C=CC(=O)N(/C(C)=C/C=C(\C=C(C)C)OCC(C)(C)O)c1ccc(Br)cc1C. The molecular formula is C23H30BrNO3. The fourth-order valence-electron chi connectivity index (χ4n) is 2.40. The van der Waals surface area contributed by atoms with Crippen molar-refractivity contribution < 1.29 is 14.6 Å². The normalized spacial score (nSPS) is 12.4. The first-order valence-corrected chi connectivity index (χ1v) is 9.85. The first kappa shape index (κ1) is 23.9. The van der Waals surface area contributed by atoms with E-state index >= 15 is 0 Å². The molecule has 1 amide bonds. The Morgan fingerprint density at radius 1 is 1.29 bits per heavy atom. The fourth-order valence-corrected chi connectivity index (χ4v) is 2.88. The van der Waals surface area contributed by atoms with Gasteiger partial charge < -0.3 is 9.84 Å². The molecule has 0 heterocycles. The fraction of sp³-hybridized carbons (Fsp3) is 0.348. The number of amides is 1. The lowest BCUT2D eigenvalue weighted by molar-refractivity contribution is -0.113. The highest BCUT2D eigenvalue weighted by atomic mass is 79.9. The van der Waals surface area contributed by atoms with Crippen molar-refractivity contribution in [1.29, 1.82) is 0 Å². The van der Waals surface area contributed by atoms with E-state index < -0.39 is 5.60 Å². The number of aliphatic hydroxyl groups is 1. The van der Waals surface area contributed by atoms with Crippen LogP contribution in [0.25, 0.3) is 0 Å². The summed E-state index contributed by atoms with van der Waals surface area (Å²) in [5.41, 5.74) is 2.60. The molecule has 5 heteroatoms. The highest BCUT2D eigenvalue weighted by Crippen LogP contribution is 2.27. The minimum atomic E-state index is -0.938. The molecule has 0 saturated heterocycles. The molecule has 0 unspecified atom stereocenters. The molecule has 0 aliphatic carbocycles. The molecular weight excluding hydrogens is 418 g/mol. The largest absolute Gasteiger partial charge is 0.491 e. The summed E-state index contributed by atoms with van der Waals surface area (Å²) < 4.78 is 6.69. The predicted molar refractivity (Wildman–Crippen MR) is 120 cm³/mol. The van der Waals surface area contributed by atoms with Crippen molar-refractivity contribution in [3.05, 3.63) is 76.1 Å². The van der Waals surface area contributed by atoms with Gasteiger partial charge in [-0.1, -0.05) is 28.1 Å². The smallest absolute Gasteiger partial charge is 0.254 e. The quantitative estimate of drug-likeness (QED) is 0.310. The van der Waals surface area contributed by atoms with Gasteiger partial charge in [0.15, 0.2) is 0 Å². The van der Waals surface area contributed by atoms with Crippen LogP contribution in [0.4, 0.5) is 5.69 Å². The van der Waals surface area contributed by atoms with E-state index in [1.165, 1.54) is 6.08 Å². The van der Waals surface area contributed by atoms with Gasteiger partial charge in [0.1, 0.15) is 12.4 Å². The molecule has 0 fully saturated rings. The maximum atomic E-state index is 12.5. The lowest BCUT2D eigenvalue weighted by Gasteiger charge is -2.24. The number of hydrogen-bond acceptors (Lipinski definition) is 3. The van der Waals surface area contributed by atoms with Crippen molar-refractivity contribution in [2.45, 2.75) is 47.1 Å². The van der Waals surface area contributed by atoms with Crippen LogP contribution in [-0.2, 0) is 9.53 Å². The molecule has 28 heavy (non-hydrogen) atoms. The zero-order valence-electron chi connectivity index (χ0n) is 17.5. The average molecular weight is 448 g/mol. The van der Waals surface area contributed by atoms with E-state index in [1.54, 1.807) is 24.8 Å². The van der Waals surface area contributed by atoms with E-state index in [0.29, 0.717) is 5.76 Å². The molecule has 1 N–H and O–H groups in total. The van der Waals surface area contributed by atoms with E-state index in [-0.39, 0.29) is 12.5 Å². The van der Waals surface area contributed by atoms with Gasteiger partial charge in [0, 0.05) is 10.2 Å². The van der Waals surface area contributed by atoms with E-state index in [4.69, 9.17) is 4.74 Å². The number of anilines is 1. The molecule has 4 nitrogen and oxygen atoms in total. The monoisotopic (exact) mass is 447 g/mol. The minimum absolute atomic E-state index is 0.163. The van der Waals surface area contributed by atoms with E-state index in [1.807, 2.05) is 58.0 Å². The van der Waals surface area contributed by atoms with E-state index in [9.17, 15) is 9.90 Å². The number of carbonyl (C=O) groups excluding carboxylic acids is 1. The standard InChI is InChI=1S/C23H30BrNO3/c1-8-22(26)25(21-12-10-19(24)14-17(21)4)18(5)9-11-20(13-16(2)3)28-15-23(6,7)27/h8-14,27H,1,15H2,2-7H3/b18-9+,20-11+. The Balaban J connectivity index is 3.31. The van der Waals surface area contributed by atoms with E-state index in [2.05, 4.69) is 22.5 Å². The summed E-state index contributed by atoms with van der Waals surface area (Å²) in [6.07, 6.45) is 6.80. The van der Waals surface area contributed by atoms with Crippen LogP contribution in [0, 0.1) is 6.92 Å². The number of aryl methyl sites for hydroxylation is 1. The van der Waals surface area contributed by atoms with Gasteiger partial charge in [-0.2, -0.15) is 0 Å². The molecule has 0 saturated carbocycles. The van der Waals surface area contributed by atoms with Crippen LogP contribution in [0.15, 0.2) is 70.6 Å². The lowest BCUT2D eigenvalue weighted by Crippen LogP contribution is -2.28. The number of rotatable bonds is 8. The van der Waals surface area contributed by atoms with Crippen LogP contribution >= 0.6 is 15.9 Å². The molecule has 0 atom stereocenters. The summed E-state index contributed by atoms with van der Waals surface area (Å²) in [5.74, 6) is 0.397. The second-order valence-electron chi connectivity index (χ2n) is 7.51. The Morgan fingerprint density at radius 3 is 2.43 bits per heavy atom. The summed E-state index contributed by atoms with van der Waals surface area (Å²) in [4.78, 5) is 14.1. The second-order valence-corrected chi connectivity index (χ2v) is 8.42. The zero-order chi connectivity index (χ0) is 21.5. The molecule has 0 aliphatic heterocycles. The van der Waals surface area contributed by atoms with Crippen LogP contribution in [0.2, 0.25) is 0 Å². The van der Waals surface area contributed by atoms with Gasteiger partial charge in [-0.15, -0.1) is 0 Å². The third-order valence-electron chi connectivity index (χ3n) is 3.66. The number of ether oxygens (including phenoxy) is 1. The van der Waals surface area contributed by atoms with Crippen LogP contribution < -0.4 is 4.90 Å². The third-order valence-corrected chi connectivity index (χ3v) is 4.15. The van der Waals surface area contributed by atoms with Gasteiger partial charge in [-0.3, -0.25) is 9.69 Å². The van der Waals surface area contributed by atoms with Gasteiger partial charge >= 0.3 is 0 Å². The van der Waals surface area contributed by atoms with Crippen molar-refractivity contribution >= 4 is 27.5 Å². The van der Waals surface area contributed by atoms with Gasteiger partial charge in [0.2, 0.25) is 0 Å². The Bertz CT molecular complexity index is 810. The first-order chi connectivity index (χ1) is 12.9. The first-order valence-electron chi connectivity index (χ1n) is 9.06. The number of hydrogen-bond donors (Lipinski definition) is 1. The molecule has 0 aromatic heterocycles. The van der Waals surface area contributed by atoms with Crippen LogP contribution in [0.5, 0.6) is 0 Å². The number of halogens is 1. The number of allylic oxidation sites excluding steroid dienone is 5. The summed E-state index contributed by atoms with van der Waals surface area (Å²) in [6.45, 7) is 14.9. The van der Waals surface area contributed by atoms with Crippen molar-refractivity contribution in [3.8, 4) is 0 Å². The topological polar surface area (TPSA) is 49.8 Å². The average Bonchev–Trinajstić information content (AvgIpc) is 2.58. The summed E-state index contributed by atoms with van der Waals surface area (Å²) in [5, 5.41) is 9.92. The molecule has 1 aromatic carbocycles. The summed E-state index contributed by atoms with van der Waals surface area (Å²) in [7, 11) is 0. The van der Waals surface area contributed by atoms with Gasteiger partial charge in [-0.25, -0.2) is 0 Å². The minimum Gasteiger partial charge on any atom is -0.491 e. The van der Waals surface area contributed by atoms with Gasteiger partial charge in [-0.05, 0) is 89.6 Å². The number of carbonyl (C=O) groups is 1. The van der Waals surface area contributed by atoms with Crippen molar-refractivity contribution in [2.75, 3.05) is 11.5 Å². The summed E-state index contributed by atoms with van der Waals surface area (Å²) >= 11 is 3.45. The molecule has 1 aromatic rings. The highest BCUT2D eigenvalue weighted by molar-refractivity contribution is 9.10. The lowest BCUT2D eigenvalue weighted by atomic mass is 10.1. The van der Waals surface area contributed by atoms with Gasteiger partial charge in [0.25, 0.3) is 5.91 Å². The zero-order valence-corrected chi connectivity index (χ0v) is 19.1. The van der Waals surface area contributed by atoms with Crippen molar-refractivity contribution in [3.63, 3.8) is 0 Å². The predicted octanol–water partition coefficient (Wildman–Crippen LogP) is 5.82. The third kappa shape index (κ3) is 7.87. The number of nitrogens with zero attached hydrogens (tertiary/aromatic N) is 1. The second kappa shape index (κ2) is 10.4. The van der Waals surface area contributed by atoms with Crippen LogP contribution in [-0.4, -0.2) is 23.2 Å². The molecule has 1 rings (SSSR count). The van der Waals surface area contributed by atoms with Crippen molar-refractivity contribution in [2.24, 2.45) is 0 Å². The Kier molecular flexibility index (Phi) is 8.92. The molecule has 0 aliphatic rings. The number of benzene rings is 1. The molecule has 0 bridgehead atoms. The molecule has 0 spiro atoms. The van der Waals surface area contributed by atoms with Gasteiger partial charge in [0.05, 0.1) is 11.3 Å². The Hall–Kier alpha value is -2.11. The van der Waals surface area contributed by atoms with E-state index in [0.717, 1.165) is 27.0 Å². The Labute approximate surface area is 177 Å². The molecule has 0 radical (unpaired) electrons. The highest BCUT2D eigenvalue weighted by Gasteiger charge is 2.17. The Morgan fingerprint density at radius 2 is 1.93 bits per heavy atom.